The number of H-pyrrole nitrogens is 1. The minimum absolute atomic E-state index is 0.0131. The van der Waals surface area contributed by atoms with Crippen LogP contribution in [0.4, 0.5) is 0 Å². The Balaban J connectivity index is 2.36. The zero-order valence-electron chi connectivity index (χ0n) is 10.2. The molecule has 1 aromatic heterocycles. The number of hydrogen-bond acceptors (Lipinski definition) is 4. The van der Waals surface area contributed by atoms with E-state index in [1.165, 1.54) is 7.11 Å². The van der Waals surface area contributed by atoms with E-state index in [9.17, 15) is 9.59 Å². The first-order chi connectivity index (χ1) is 9.11. The van der Waals surface area contributed by atoms with Crippen LogP contribution in [0.15, 0.2) is 18.2 Å². The van der Waals surface area contributed by atoms with E-state index in [2.05, 4.69) is 26.8 Å². The number of aromatic amines is 1. The Labute approximate surface area is 108 Å². The highest BCUT2D eigenvalue weighted by Crippen LogP contribution is 2.17. The zero-order chi connectivity index (χ0) is 13.8. The summed E-state index contributed by atoms with van der Waals surface area (Å²) in [4.78, 5) is 22.0. The summed E-state index contributed by atoms with van der Waals surface area (Å²) in [5.41, 5.74) is 6.59. The molecule has 1 heterocycles. The van der Waals surface area contributed by atoms with Crippen LogP contribution in [0, 0.1) is 11.8 Å². The molecule has 0 atom stereocenters. The second-order valence-electron chi connectivity index (χ2n) is 3.77. The Kier molecular flexibility index (Phi) is 3.48. The van der Waals surface area contributed by atoms with Crippen LogP contribution in [-0.2, 0) is 9.53 Å². The van der Waals surface area contributed by atoms with E-state index in [1.54, 1.807) is 18.2 Å². The van der Waals surface area contributed by atoms with Gasteiger partial charge in [-0.3, -0.25) is 9.89 Å². The Morgan fingerprint density at radius 3 is 2.95 bits per heavy atom. The number of esters is 1. The van der Waals surface area contributed by atoms with Crippen LogP contribution in [-0.4, -0.2) is 29.2 Å². The Bertz CT molecular complexity index is 707. The highest BCUT2D eigenvalue weighted by atomic mass is 16.5. The van der Waals surface area contributed by atoms with Gasteiger partial charge in [-0.25, -0.2) is 4.79 Å². The third-order valence-electron chi connectivity index (χ3n) is 2.45. The first-order valence-corrected chi connectivity index (χ1v) is 5.45. The molecule has 6 nitrogen and oxygen atoms in total. The lowest BCUT2D eigenvalue weighted by molar-refractivity contribution is -0.117. The third kappa shape index (κ3) is 2.72. The summed E-state index contributed by atoms with van der Waals surface area (Å²) in [6.07, 6.45) is -0.0131. The van der Waals surface area contributed by atoms with Crippen LogP contribution < -0.4 is 5.73 Å². The van der Waals surface area contributed by atoms with Crippen molar-refractivity contribution in [1.29, 1.82) is 0 Å². The number of nitrogens with one attached hydrogen (secondary N) is 1. The van der Waals surface area contributed by atoms with E-state index < -0.39 is 11.9 Å². The maximum absolute atomic E-state index is 11.4. The quantitative estimate of drug-likeness (QED) is 0.607. The highest BCUT2D eigenvalue weighted by Gasteiger charge is 2.09. The standard InChI is InChI=1S/C13H11N3O3/c1-19-13(18)8-5-6-9-10(3-2-4-12(14)17)15-16-11(9)7-8/h5-7H,4H2,1H3,(H2,14,17)(H,15,16). The zero-order valence-corrected chi connectivity index (χ0v) is 10.2. The minimum atomic E-state index is -0.482. The van der Waals surface area contributed by atoms with Crippen molar-refractivity contribution in [2.24, 2.45) is 5.73 Å². The van der Waals surface area contributed by atoms with Crippen molar-refractivity contribution in [2.75, 3.05) is 7.11 Å². The topological polar surface area (TPSA) is 98.1 Å². The van der Waals surface area contributed by atoms with Gasteiger partial charge in [0.05, 0.1) is 24.6 Å². The smallest absolute Gasteiger partial charge is 0.337 e. The molecule has 0 aliphatic carbocycles. The number of methoxy groups -OCH3 is 1. The predicted octanol–water partition coefficient (Wildman–Crippen LogP) is 0.576. The minimum Gasteiger partial charge on any atom is -0.465 e. The van der Waals surface area contributed by atoms with Gasteiger partial charge in [0, 0.05) is 5.39 Å². The third-order valence-corrected chi connectivity index (χ3v) is 2.45. The molecule has 19 heavy (non-hydrogen) atoms. The molecule has 96 valence electrons. The summed E-state index contributed by atoms with van der Waals surface area (Å²) in [7, 11) is 1.32. The number of rotatable bonds is 2. The number of benzene rings is 1. The lowest BCUT2D eigenvalue weighted by Crippen LogP contribution is -2.08. The molecule has 2 aromatic rings. The number of nitrogens with zero attached hydrogens (tertiary/aromatic N) is 1. The second-order valence-corrected chi connectivity index (χ2v) is 3.77. The van der Waals surface area contributed by atoms with Crippen molar-refractivity contribution in [3.63, 3.8) is 0 Å². The van der Waals surface area contributed by atoms with Crippen LogP contribution in [0.3, 0.4) is 0 Å². The van der Waals surface area contributed by atoms with Gasteiger partial charge in [-0.2, -0.15) is 5.10 Å². The molecular weight excluding hydrogens is 246 g/mol. The molecule has 1 amide bonds. The van der Waals surface area contributed by atoms with Gasteiger partial charge < -0.3 is 10.5 Å². The summed E-state index contributed by atoms with van der Waals surface area (Å²) in [6, 6.07) is 4.96. The summed E-state index contributed by atoms with van der Waals surface area (Å²) in [5, 5.41) is 7.55. The summed E-state index contributed by atoms with van der Waals surface area (Å²) in [6.45, 7) is 0. The van der Waals surface area contributed by atoms with Crippen molar-refractivity contribution in [1.82, 2.24) is 10.2 Å². The normalized spacial score (nSPS) is 9.74. The number of primary amides is 1. The summed E-state index contributed by atoms with van der Waals surface area (Å²) < 4.78 is 4.63. The van der Waals surface area contributed by atoms with Gasteiger partial charge in [-0.15, -0.1) is 0 Å². The molecule has 0 aliphatic rings. The molecular formula is C13H11N3O3. The Morgan fingerprint density at radius 1 is 1.47 bits per heavy atom. The molecule has 0 unspecified atom stereocenters. The van der Waals surface area contributed by atoms with Gasteiger partial charge in [-0.1, -0.05) is 5.92 Å². The monoisotopic (exact) mass is 257 g/mol. The van der Waals surface area contributed by atoms with Gasteiger partial charge in [-0.05, 0) is 24.1 Å². The maximum Gasteiger partial charge on any atom is 0.337 e. The van der Waals surface area contributed by atoms with Crippen LogP contribution in [0.1, 0.15) is 22.5 Å². The van der Waals surface area contributed by atoms with Crippen molar-refractivity contribution >= 4 is 22.8 Å². The molecule has 0 aliphatic heterocycles. The lowest BCUT2D eigenvalue weighted by Gasteiger charge is -1.97. The number of carbonyl (C=O) groups is 2. The SMILES string of the molecule is COC(=O)c1ccc2c(C#CCC(N)=O)[nH]nc2c1. The van der Waals surface area contributed by atoms with Gasteiger partial charge >= 0.3 is 5.97 Å². The number of aromatic nitrogens is 2. The van der Waals surface area contributed by atoms with E-state index >= 15 is 0 Å². The number of hydrogen-bond donors (Lipinski definition) is 2. The number of ether oxygens (including phenoxy) is 1. The molecule has 2 rings (SSSR count). The Hall–Kier alpha value is -2.81. The fraction of sp³-hybridized carbons (Fsp3) is 0.154. The highest BCUT2D eigenvalue weighted by molar-refractivity contribution is 5.95. The number of fused-ring (bicyclic) bond motifs is 1. The van der Waals surface area contributed by atoms with E-state index in [0.717, 1.165) is 5.39 Å². The van der Waals surface area contributed by atoms with Crippen molar-refractivity contribution in [2.45, 2.75) is 6.42 Å². The second kappa shape index (κ2) is 5.23. The molecule has 0 saturated heterocycles. The van der Waals surface area contributed by atoms with Crippen LogP contribution >= 0.6 is 0 Å². The average molecular weight is 257 g/mol. The van der Waals surface area contributed by atoms with Crippen LogP contribution in [0.5, 0.6) is 0 Å². The van der Waals surface area contributed by atoms with Gasteiger partial charge in [0.1, 0.15) is 5.69 Å². The van der Waals surface area contributed by atoms with Crippen molar-refractivity contribution in [3.8, 4) is 11.8 Å². The lowest BCUT2D eigenvalue weighted by atomic mass is 10.1. The molecule has 0 radical (unpaired) electrons. The van der Waals surface area contributed by atoms with E-state index in [-0.39, 0.29) is 6.42 Å². The molecule has 0 fully saturated rings. The average Bonchev–Trinajstić information content (AvgIpc) is 2.80. The largest absolute Gasteiger partial charge is 0.465 e. The van der Waals surface area contributed by atoms with Crippen LogP contribution in [0.25, 0.3) is 10.9 Å². The molecule has 0 spiro atoms. The fourth-order valence-corrected chi connectivity index (χ4v) is 1.57. The van der Waals surface area contributed by atoms with Crippen molar-refractivity contribution < 1.29 is 14.3 Å². The molecule has 6 heteroatoms. The molecule has 0 saturated carbocycles. The molecule has 3 N–H and O–H groups in total. The van der Waals surface area contributed by atoms with E-state index in [1.807, 2.05) is 0 Å². The summed E-state index contributed by atoms with van der Waals surface area (Å²) >= 11 is 0. The molecule has 1 aromatic carbocycles. The van der Waals surface area contributed by atoms with Gasteiger partial charge in [0.25, 0.3) is 0 Å². The Morgan fingerprint density at radius 2 is 2.26 bits per heavy atom. The predicted molar refractivity (Wildman–Crippen MR) is 68.1 cm³/mol. The van der Waals surface area contributed by atoms with Gasteiger partial charge in [0.2, 0.25) is 5.91 Å². The van der Waals surface area contributed by atoms with Gasteiger partial charge in [0.15, 0.2) is 0 Å². The number of amides is 1. The van der Waals surface area contributed by atoms with Crippen molar-refractivity contribution in [3.05, 3.63) is 29.5 Å². The fourth-order valence-electron chi connectivity index (χ4n) is 1.57. The number of carbonyl (C=O) groups excluding carboxylic acids is 2. The first-order valence-electron chi connectivity index (χ1n) is 5.45. The maximum atomic E-state index is 11.4. The number of nitrogens with two attached hydrogens (primary N) is 1. The summed E-state index contributed by atoms with van der Waals surface area (Å²) in [5.74, 6) is 4.51. The van der Waals surface area contributed by atoms with E-state index in [4.69, 9.17) is 5.73 Å². The van der Waals surface area contributed by atoms with E-state index in [0.29, 0.717) is 16.8 Å². The first kappa shape index (κ1) is 12.6. The van der Waals surface area contributed by atoms with Crippen LogP contribution in [0.2, 0.25) is 0 Å². The molecule has 0 bridgehead atoms.